The molecule has 0 unspecified atom stereocenters. The molecule has 26 heavy (non-hydrogen) atoms. The van der Waals surface area contributed by atoms with Crippen LogP contribution < -0.4 is 4.57 Å². The van der Waals surface area contributed by atoms with Crippen molar-refractivity contribution in [3.63, 3.8) is 0 Å². The topological polar surface area (TPSA) is 17.0 Å². The minimum absolute atomic E-state index is 0.112. The standard InChI is InChI=1S/C24H22NO/c1-15-11-16-12-23-20(18-7-5-6-8-22(18)26-23)14-19(16)21-13-17(24(2,3)4)9-10-25(15)21/h5-10,12-14H,1,11H2,2-4H3/q+1. The highest BCUT2D eigenvalue weighted by Gasteiger charge is 2.29. The molecule has 3 heterocycles. The van der Waals surface area contributed by atoms with Crippen LogP contribution in [0.3, 0.4) is 0 Å². The summed E-state index contributed by atoms with van der Waals surface area (Å²) in [6, 6.07) is 17.3. The van der Waals surface area contributed by atoms with Crippen molar-refractivity contribution in [3.8, 4) is 11.3 Å². The smallest absolute Gasteiger partial charge is 0.218 e. The van der Waals surface area contributed by atoms with E-state index < -0.39 is 0 Å². The van der Waals surface area contributed by atoms with Crippen LogP contribution in [-0.2, 0) is 11.8 Å². The molecule has 128 valence electrons. The van der Waals surface area contributed by atoms with Crippen LogP contribution in [0.25, 0.3) is 38.9 Å². The maximum Gasteiger partial charge on any atom is 0.218 e. The molecule has 0 spiro atoms. The Bertz CT molecular complexity index is 1200. The number of nitrogens with zero attached hydrogens (tertiary/aromatic N) is 1. The van der Waals surface area contributed by atoms with Gasteiger partial charge in [0.25, 0.3) is 0 Å². The summed E-state index contributed by atoms with van der Waals surface area (Å²) in [6.07, 6.45) is 3.01. The first-order chi connectivity index (χ1) is 12.4. The minimum Gasteiger partial charge on any atom is -0.456 e. The summed E-state index contributed by atoms with van der Waals surface area (Å²) in [7, 11) is 0. The van der Waals surface area contributed by atoms with E-state index in [4.69, 9.17) is 4.42 Å². The van der Waals surface area contributed by atoms with Gasteiger partial charge in [0.05, 0.1) is 12.0 Å². The quantitative estimate of drug-likeness (QED) is 0.366. The monoisotopic (exact) mass is 340 g/mol. The van der Waals surface area contributed by atoms with Crippen molar-refractivity contribution in [2.75, 3.05) is 0 Å². The molecule has 2 heteroatoms. The Morgan fingerprint density at radius 2 is 1.77 bits per heavy atom. The highest BCUT2D eigenvalue weighted by Crippen LogP contribution is 2.37. The van der Waals surface area contributed by atoms with E-state index in [1.807, 2.05) is 12.1 Å². The lowest BCUT2D eigenvalue weighted by molar-refractivity contribution is -0.572. The average molecular weight is 340 g/mol. The number of pyridine rings is 1. The third-order valence-electron chi connectivity index (χ3n) is 5.43. The lowest BCUT2D eigenvalue weighted by Crippen LogP contribution is -2.38. The largest absolute Gasteiger partial charge is 0.456 e. The van der Waals surface area contributed by atoms with Crippen molar-refractivity contribution >= 4 is 27.6 Å². The van der Waals surface area contributed by atoms with Crippen molar-refractivity contribution in [2.24, 2.45) is 0 Å². The molecule has 5 rings (SSSR count). The second-order valence-electron chi connectivity index (χ2n) is 8.27. The number of aromatic nitrogens is 1. The molecule has 0 amide bonds. The predicted octanol–water partition coefficient (Wildman–Crippen LogP) is 5.86. The molecule has 0 fully saturated rings. The molecular formula is C24H22NO+. The molecule has 1 aliphatic heterocycles. The van der Waals surface area contributed by atoms with Crippen LogP contribution in [0.2, 0.25) is 0 Å². The Morgan fingerprint density at radius 3 is 2.58 bits per heavy atom. The van der Waals surface area contributed by atoms with E-state index in [1.165, 1.54) is 33.2 Å². The number of allylic oxidation sites excluding steroid dienone is 1. The molecule has 0 atom stereocenters. The highest BCUT2D eigenvalue weighted by molar-refractivity contribution is 6.06. The van der Waals surface area contributed by atoms with Crippen molar-refractivity contribution < 1.29 is 8.98 Å². The van der Waals surface area contributed by atoms with Crippen LogP contribution in [0.5, 0.6) is 0 Å². The lowest BCUT2D eigenvalue weighted by Gasteiger charge is -2.21. The van der Waals surface area contributed by atoms with Gasteiger partial charge in [-0.05, 0) is 41.3 Å². The maximum atomic E-state index is 6.08. The van der Waals surface area contributed by atoms with E-state index >= 15 is 0 Å². The van der Waals surface area contributed by atoms with Crippen LogP contribution in [0.4, 0.5) is 0 Å². The summed E-state index contributed by atoms with van der Waals surface area (Å²) in [4.78, 5) is 0. The summed E-state index contributed by atoms with van der Waals surface area (Å²) in [6.45, 7) is 11.1. The van der Waals surface area contributed by atoms with Gasteiger partial charge in [-0.2, -0.15) is 4.57 Å². The average Bonchev–Trinajstić information content (AvgIpc) is 2.96. The van der Waals surface area contributed by atoms with Crippen LogP contribution >= 0.6 is 0 Å². The molecule has 0 radical (unpaired) electrons. The number of rotatable bonds is 0. The Morgan fingerprint density at radius 1 is 0.962 bits per heavy atom. The molecule has 0 N–H and O–H groups in total. The fourth-order valence-corrected chi connectivity index (χ4v) is 3.95. The Labute approximate surface area is 153 Å². The van der Waals surface area contributed by atoms with Gasteiger partial charge in [-0.25, -0.2) is 0 Å². The predicted molar refractivity (Wildman–Crippen MR) is 107 cm³/mol. The number of para-hydroxylation sites is 1. The molecule has 0 bridgehead atoms. The number of benzene rings is 2. The van der Waals surface area contributed by atoms with Crippen molar-refractivity contribution in [1.29, 1.82) is 0 Å². The number of hydrogen-bond donors (Lipinski definition) is 0. The van der Waals surface area contributed by atoms with E-state index in [2.05, 4.69) is 74.5 Å². The van der Waals surface area contributed by atoms with Crippen LogP contribution in [-0.4, -0.2) is 0 Å². The normalized spacial score (nSPS) is 13.9. The van der Waals surface area contributed by atoms with Gasteiger partial charge in [0.2, 0.25) is 5.69 Å². The first-order valence-electron chi connectivity index (χ1n) is 9.11. The van der Waals surface area contributed by atoms with E-state index in [0.29, 0.717) is 0 Å². The molecule has 0 saturated heterocycles. The van der Waals surface area contributed by atoms with E-state index in [9.17, 15) is 0 Å². The van der Waals surface area contributed by atoms with Crippen molar-refractivity contribution in [1.82, 2.24) is 0 Å². The zero-order valence-corrected chi connectivity index (χ0v) is 15.5. The van der Waals surface area contributed by atoms with Gasteiger partial charge >= 0.3 is 0 Å². The zero-order chi connectivity index (χ0) is 18.1. The number of furan rings is 1. The Kier molecular flexibility index (Phi) is 3.00. The van der Waals surface area contributed by atoms with Crippen LogP contribution in [0.1, 0.15) is 31.9 Å². The Hall–Kier alpha value is -2.87. The summed E-state index contributed by atoms with van der Waals surface area (Å²) < 4.78 is 8.31. The van der Waals surface area contributed by atoms with Gasteiger partial charge in [-0.15, -0.1) is 0 Å². The highest BCUT2D eigenvalue weighted by atomic mass is 16.3. The van der Waals surface area contributed by atoms with E-state index in [0.717, 1.165) is 23.3 Å². The summed E-state index contributed by atoms with van der Waals surface area (Å²) in [5, 5.41) is 2.35. The molecule has 0 saturated carbocycles. The molecule has 4 aromatic rings. The third kappa shape index (κ3) is 2.15. The Balaban J connectivity index is 1.84. The molecule has 2 nitrogen and oxygen atoms in total. The molecule has 2 aromatic carbocycles. The zero-order valence-electron chi connectivity index (χ0n) is 15.5. The molecule has 1 aliphatic rings. The second kappa shape index (κ2) is 5.07. The van der Waals surface area contributed by atoms with Gasteiger partial charge in [0, 0.05) is 22.9 Å². The minimum atomic E-state index is 0.112. The molecule has 2 aromatic heterocycles. The number of fused-ring (bicyclic) bond motifs is 6. The second-order valence-corrected chi connectivity index (χ2v) is 8.27. The van der Waals surface area contributed by atoms with Gasteiger partial charge in [0.15, 0.2) is 11.9 Å². The molecule has 0 aliphatic carbocycles. The first-order valence-corrected chi connectivity index (χ1v) is 9.11. The fraction of sp³-hybridized carbons (Fsp3) is 0.208. The van der Waals surface area contributed by atoms with E-state index in [1.54, 1.807) is 0 Å². The van der Waals surface area contributed by atoms with Crippen LogP contribution in [0.15, 0.2) is 65.7 Å². The van der Waals surface area contributed by atoms with Gasteiger partial charge in [-0.1, -0.05) is 39.0 Å². The van der Waals surface area contributed by atoms with Gasteiger partial charge in [-0.3, -0.25) is 0 Å². The maximum absolute atomic E-state index is 6.08. The van der Waals surface area contributed by atoms with Gasteiger partial charge in [0.1, 0.15) is 11.2 Å². The first kappa shape index (κ1) is 15.4. The van der Waals surface area contributed by atoms with E-state index in [-0.39, 0.29) is 5.41 Å². The SMILES string of the molecule is C=C1Cc2cc3oc4ccccc4c3cc2-c2cc(C(C)(C)C)cc[n+]21. The molecular weight excluding hydrogens is 318 g/mol. The summed E-state index contributed by atoms with van der Waals surface area (Å²) in [5.41, 5.74) is 8.23. The van der Waals surface area contributed by atoms with Crippen molar-refractivity contribution in [2.45, 2.75) is 32.6 Å². The van der Waals surface area contributed by atoms with Crippen LogP contribution in [0, 0.1) is 0 Å². The van der Waals surface area contributed by atoms with Crippen molar-refractivity contribution in [3.05, 3.63) is 72.4 Å². The lowest BCUT2D eigenvalue weighted by atomic mass is 9.85. The fourth-order valence-electron chi connectivity index (χ4n) is 3.95. The summed E-state index contributed by atoms with van der Waals surface area (Å²) in [5.74, 6) is 0. The number of hydrogen-bond acceptors (Lipinski definition) is 1. The van der Waals surface area contributed by atoms with Gasteiger partial charge < -0.3 is 4.42 Å². The summed E-state index contributed by atoms with van der Waals surface area (Å²) >= 11 is 0. The third-order valence-corrected chi connectivity index (χ3v) is 5.43.